The number of aromatic nitrogens is 2. The molecule has 3 fully saturated rings. The first-order chi connectivity index (χ1) is 22.9. The first kappa shape index (κ1) is 31.7. The number of nitrogens with one attached hydrogen (secondary N) is 1. The molecule has 1 saturated carbocycles. The van der Waals surface area contributed by atoms with E-state index in [-0.39, 0.29) is 30.0 Å². The monoisotopic (exact) mass is 656 g/mol. The molecule has 9 nitrogen and oxygen atoms in total. The lowest BCUT2D eigenvalue weighted by Gasteiger charge is -2.36. The Morgan fingerprint density at radius 3 is 2.45 bits per heavy atom. The topological polar surface area (TPSA) is 90.9 Å². The third-order valence-electron chi connectivity index (χ3n) is 9.40. The zero-order valence-corrected chi connectivity index (χ0v) is 27.6. The predicted octanol–water partition coefficient (Wildman–Crippen LogP) is 6.12. The van der Waals surface area contributed by atoms with E-state index < -0.39 is 5.82 Å². The second-order valence-corrected chi connectivity index (χ2v) is 14.3. The summed E-state index contributed by atoms with van der Waals surface area (Å²) in [5.41, 5.74) is 3.42. The van der Waals surface area contributed by atoms with Crippen molar-refractivity contribution in [3.8, 4) is 22.1 Å². The number of likely N-dealkylation sites (N-methyl/N-ethyl adjacent to an activating group) is 1. The number of fused-ring (bicyclic) bond motifs is 1. The largest absolute Gasteiger partial charge is 0.453 e. The van der Waals surface area contributed by atoms with Crippen LogP contribution in [0.25, 0.3) is 20.8 Å². The number of ketones is 1. The Hall–Kier alpha value is -3.93. The number of carbonyl (C=O) groups is 2. The molecule has 0 bridgehead atoms. The third kappa shape index (κ3) is 7.97. The van der Waals surface area contributed by atoms with E-state index >= 15 is 4.39 Å². The van der Waals surface area contributed by atoms with Gasteiger partial charge in [-0.1, -0.05) is 12.1 Å². The average molecular weight is 657 g/mol. The van der Waals surface area contributed by atoms with Crippen molar-refractivity contribution in [1.29, 1.82) is 0 Å². The van der Waals surface area contributed by atoms with E-state index in [1.54, 1.807) is 24.4 Å². The van der Waals surface area contributed by atoms with Crippen LogP contribution < -0.4 is 10.1 Å². The zero-order chi connectivity index (χ0) is 32.3. The number of likely N-dealkylation sites (tertiary alicyclic amines) is 1. The Kier molecular flexibility index (Phi) is 9.46. The number of Topliss-reactive ketones (excluding diaryl/α,β-unsaturated/α-hetero) is 1. The van der Waals surface area contributed by atoms with Crippen molar-refractivity contribution in [2.45, 2.75) is 51.1 Å². The zero-order valence-electron chi connectivity index (χ0n) is 26.8. The molecule has 47 heavy (non-hydrogen) atoms. The van der Waals surface area contributed by atoms with Gasteiger partial charge in [-0.3, -0.25) is 19.7 Å². The molecule has 2 saturated heterocycles. The highest BCUT2D eigenvalue weighted by atomic mass is 32.1. The number of hydrogen-bond acceptors (Lipinski definition) is 8. The van der Waals surface area contributed by atoms with Crippen LogP contribution in [-0.2, 0) is 17.8 Å². The number of rotatable bonds is 10. The first-order valence-corrected chi connectivity index (χ1v) is 17.5. The molecule has 3 aliphatic rings. The van der Waals surface area contributed by atoms with Crippen LogP contribution in [-0.4, -0.2) is 88.8 Å². The number of pyridine rings is 2. The Balaban J connectivity index is 0.937. The lowest BCUT2D eigenvalue weighted by atomic mass is 10.0. The number of ether oxygens (including phenoxy) is 1. The summed E-state index contributed by atoms with van der Waals surface area (Å²) in [7, 11) is 2.09. The van der Waals surface area contributed by atoms with Crippen LogP contribution >= 0.6 is 11.3 Å². The number of piperidine rings is 1. The van der Waals surface area contributed by atoms with Gasteiger partial charge in [0.1, 0.15) is 11.5 Å². The Morgan fingerprint density at radius 2 is 1.72 bits per heavy atom. The maximum atomic E-state index is 15.0. The van der Waals surface area contributed by atoms with E-state index in [1.807, 2.05) is 23.2 Å². The van der Waals surface area contributed by atoms with Gasteiger partial charge in [0, 0.05) is 83.2 Å². The maximum Gasteiger partial charge on any atom is 0.317 e. The van der Waals surface area contributed by atoms with Gasteiger partial charge in [0.25, 0.3) is 0 Å². The number of nitrogens with zero attached hydrogens (tertiary/aromatic N) is 5. The van der Waals surface area contributed by atoms with Gasteiger partial charge >= 0.3 is 6.03 Å². The van der Waals surface area contributed by atoms with Gasteiger partial charge in [0.2, 0.25) is 0 Å². The molecule has 1 aliphatic carbocycles. The molecular weight excluding hydrogens is 616 g/mol. The molecule has 3 aromatic heterocycles. The van der Waals surface area contributed by atoms with Crippen LogP contribution in [0.4, 0.5) is 9.18 Å². The molecule has 0 spiro atoms. The lowest BCUT2D eigenvalue weighted by Crippen LogP contribution is -2.54. The fourth-order valence-electron chi connectivity index (χ4n) is 6.35. The minimum Gasteiger partial charge on any atom is -0.453 e. The second kappa shape index (κ2) is 14.0. The van der Waals surface area contributed by atoms with Gasteiger partial charge in [-0.25, -0.2) is 9.18 Å². The van der Waals surface area contributed by atoms with E-state index in [4.69, 9.17) is 9.72 Å². The quantitative estimate of drug-likeness (QED) is 0.220. The van der Waals surface area contributed by atoms with Crippen molar-refractivity contribution in [3.05, 3.63) is 71.8 Å². The van der Waals surface area contributed by atoms with Crippen LogP contribution in [0.2, 0.25) is 0 Å². The number of urea groups is 1. The van der Waals surface area contributed by atoms with Crippen LogP contribution in [0.1, 0.15) is 43.2 Å². The third-order valence-corrected chi connectivity index (χ3v) is 10.6. The summed E-state index contributed by atoms with van der Waals surface area (Å²) in [6.45, 7) is 6.11. The summed E-state index contributed by atoms with van der Waals surface area (Å²) in [6, 6.07) is 12.9. The molecule has 0 unspecified atom stereocenters. The molecule has 246 valence electrons. The summed E-state index contributed by atoms with van der Waals surface area (Å²) in [4.78, 5) is 41.7. The van der Waals surface area contributed by atoms with Crippen molar-refractivity contribution >= 4 is 33.4 Å². The van der Waals surface area contributed by atoms with E-state index in [0.29, 0.717) is 23.7 Å². The summed E-state index contributed by atoms with van der Waals surface area (Å²) in [5.74, 6) is 0.848. The Labute approximate surface area is 278 Å². The minimum absolute atomic E-state index is 0.0700. The highest BCUT2D eigenvalue weighted by Gasteiger charge is 2.26. The summed E-state index contributed by atoms with van der Waals surface area (Å²) >= 11 is 1.51. The highest BCUT2D eigenvalue weighted by molar-refractivity contribution is 7.22. The molecule has 4 aromatic rings. The molecule has 5 heterocycles. The van der Waals surface area contributed by atoms with Crippen molar-refractivity contribution in [2.24, 2.45) is 5.92 Å². The number of carbonyl (C=O) groups excluding carboxylic acids is 2. The number of halogens is 1. The molecule has 1 N–H and O–H groups in total. The van der Waals surface area contributed by atoms with Gasteiger partial charge < -0.3 is 19.9 Å². The van der Waals surface area contributed by atoms with E-state index in [1.165, 1.54) is 17.4 Å². The lowest BCUT2D eigenvalue weighted by molar-refractivity contribution is -0.118. The SMILES string of the molecule is CN1CCN(C(=O)NC2CCN(Cc3ccc(-c4cc5nccc(Oc6ccc(CC(=O)CC7CC7)cc6F)c5s4)nc3)CC2)CC1. The van der Waals surface area contributed by atoms with Gasteiger partial charge in [0.15, 0.2) is 11.6 Å². The molecular formula is C36H41FN6O3S. The van der Waals surface area contributed by atoms with Crippen LogP contribution in [0, 0.1) is 11.7 Å². The minimum atomic E-state index is -0.486. The maximum absolute atomic E-state index is 15.0. The standard InChI is InChI=1S/C36H41FN6O3S/c1-41-14-16-43(17-15-41)36(45)40-27-9-12-42(13-10-27)23-26-4-6-30(39-22-26)34-21-31-35(47-34)33(8-11-38-31)46-32-7-5-25(20-29(32)37)19-28(44)18-24-2-3-24/h4-8,11,20-22,24,27H,2-3,9-10,12-19,23H2,1H3,(H,40,45). The second-order valence-electron chi connectivity index (χ2n) is 13.2. The van der Waals surface area contributed by atoms with Crippen molar-refractivity contribution in [2.75, 3.05) is 46.3 Å². The Bertz CT molecular complexity index is 1730. The van der Waals surface area contributed by atoms with E-state index in [0.717, 1.165) is 97.8 Å². The number of benzene rings is 1. The van der Waals surface area contributed by atoms with Gasteiger partial charge in [0.05, 0.1) is 20.8 Å². The fourth-order valence-corrected chi connectivity index (χ4v) is 7.40. The number of amides is 2. The van der Waals surface area contributed by atoms with Gasteiger partial charge in [-0.05, 0) is 74.0 Å². The van der Waals surface area contributed by atoms with Gasteiger partial charge in [-0.15, -0.1) is 11.3 Å². The average Bonchev–Trinajstić information content (AvgIpc) is 3.77. The molecule has 2 amide bonds. The fraction of sp³-hybridized carbons (Fsp3) is 0.444. The summed E-state index contributed by atoms with van der Waals surface area (Å²) in [6.07, 6.45) is 8.57. The first-order valence-electron chi connectivity index (χ1n) is 16.6. The molecule has 0 radical (unpaired) electrons. The number of thiophene rings is 1. The molecule has 0 atom stereocenters. The summed E-state index contributed by atoms with van der Waals surface area (Å²) in [5, 5.41) is 3.25. The molecule has 11 heteroatoms. The van der Waals surface area contributed by atoms with Crippen molar-refractivity contribution in [3.63, 3.8) is 0 Å². The van der Waals surface area contributed by atoms with Crippen LogP contribution in [0.5, 0.6) is 11.5 Å². The molecule has 1 aromatic carbocycles. The van der Waals surface area contributed by atoms with E-state index in [2.05, 4.69) is 33.2 Å². The van der Waals surface area contributed by atoms with Crippen LogP contribution in [0.3, 0.4) is 0 Å². The van der Waals surface area contributed by atoms with Crippen molar-refractivity contribution in [1.82, 2.24) is 30.0 Å². The highest BCUT2D eigenvalue weighted by Crippen LogP contribution is 2.39. The van der Waals surface area contributed by atoms with Crippen molar-refractivity contribution < 1.29 is 18.7 Å². The van der Waals surface area contributed by atoms with Gasteiger partial charge in [-0.2, -0.15) is 0 Å². The molecule has 2 aliphatic heterocycles. The van der Waals surface area contributed by atoms with Crippen LogP contribution in [0.15, 0.2) is 54.9 Å². The molecule has 7 rings (SSSR count). The smallest absolute Gasteiger partial charge is 0.317 e. The normalized spacial score (nSPS) is 18.0. The predicted molar refractivity (Wildman–Crippen MR) is 181 cm³/mol. The number of piperazine rings is 1. The summed E-state index contributed by atoms with van der Waals surface area (Å²) < 4.78 is 21.9. The number of hydrogen-bond donors (Lipinski definition) is 1. The van der Waals surface area contributed by atoms with E-state index in [9.17, 15) is 9.59 Å². The Morgan fingerprint density at radius 1 is 0.936 bits per heavy atom.